The molecule has 34 heavy (non-hydrogen) atoms. The van der Waals surface area contributed by atoms with Gasteiger partial charge >= 0.3 is 0 Å². The number of carbonyl (C=O) groups excluding carboxylic acids is 1. The quantitative estimate of drug-likeness (QED) is 0.394. The first-order valence-electron chi connectivity index (χ1n) is 11.2. The van der Waals surface area contributed by atoms with Crippen molar-refractivity contribution in [3.63, 3.8) is 0 Å². The number of thiazole rings is 1. The normalized spacial score (nSPS) is 12.6. The second-order valence-corrected chi connectivity index (χ2v) is 10.8. The zero-order chi connectivity index (χ0) is 24.7. The number of sulfonamides is 1. The first-order valence-corrected chi connectivity index (χ1v) is 13.5. The molecule has 0 spiro atoms. The lowest BCUT2D eigenvalue weighted by Crippen LogP contribution is -2.27. The predicted molar refractivity (Wildman–Crippen MR) is 134 cm³/mol. The van der Waals surface area contributed by atoms with Crippen molar-refractivity contribution in [2.45, 2.75) is 38.1 Å². The van der Waals surface area contributed by atoms with Crippen LogP contribution in [0.1, 0.15) is 37.0 Å². The number of fused-ring (bicyclic) bond motifs is 1. The summed E-state index contributed by atoms with van der Waals surface area (Å²) < 4.78 is 40.5. The van der Waals surface area contributed by atoms with E-state index >= 15 is 0 Å². The topological polar surface area (TPSA) is 90.2 Å². The molecule has 0 aliphatic rings. The van der Waals surface area contributed by atoms with Crippen molar-refractivity contribution in [3.05, 3.63) is 52.8 Å². The molecule has 10 heteroatoms. The highest BCUT2D eigenvalue weighted by Crippen LogP contribution is 2.24. The molecule has 0 bridgehead atoms. The van der Waals surface area contributed by atoms with Gasteiger partial charge in [0.05, 0.1) is 28.3 Å². The van der Waals surface area contributed by atoms with Crippen molar-refractivity contribution >= 4 is 37.5 Å². The van der Waals surface area contributed by atoms with E-state index in [2.05, 4.69) is 4.99 Å². The Hall–Kier alpha value is -2.53. The Bertz CT molecular complexity index is 1290. The van der Waals surface area contributed by atoms with E-state index in [1.54, 1.807) is 14.2 Å². The molecule has 0 saturated heterocycles. The van der Waals surface area contributed by atoms with Crippen molar-refractivity contribution in [2.24, 2.45) is 4.99 Å². The summed E-state index contributed by atoms with van der Waals surface area (Å²) in [4.78, 5) is 18.0. The van der Waals surface area contributed by atoms with Gasteiger partial charge in [-0.2, -0.15) is 4.99 Å². The number of hydrogen-bond acceptors (Lipinski definition) is 6. The van der Waals surface area contributed by atoms with Crippen LogP contribution in [0.25, 0.3) is 10.2 Å². The van der Waals surface area contributed by atoms with E-state index in [1.807, 2.05) is 36.6 Å². The van der Waals surface area contributed by atoms with Crippen molar-refractivity contribution in [3.8, 4) is 5.75 Å². The number of unbranched alkanes of at least 4 members (excludes halogenated alkanes) is 1. The smallest absolute Gasteiger partial charge is 0.279 e. The molecule has 184 valence electrons. The van der Waals surface area contributed by atoms with Crippen molar-refractivity contribution < 1.29 is 22.7 Å². The summed E-state index contributed by atoms with van der Waals surface area (Å²) in [5, 5.41) is 0. The molecule has 3 rings (SSSR count). The van der Waals surface area contributed by atoms with Crippen LogP contribution in [0, 0.1) is 0 Å². The fourth-order valence-corrected chi connectivity index (χ4v) is 5.69. The summed E-state index contributed by atoms with van der Waals surface area (Å²) in [7, 11) is -0.402. The summed E-state index contributed by atoms with van der Waals surface area (Å²) in [6.45, 7) is 5.97. The van der Waals surface area contributed by atoms with Gasteiger partial charge in [-0.05, 0) is 55.8 Å². The third-order valence-corrected chi connectivity index (χ3v) is 8.23. The van der Waals surface area contributed by atoms with Crippen molar-refractivity contribution in [1.29, 1.82) is 0 Å². The molecule has 8 nitrogen and oxygen atoms in total. The van der Waals surface area contributed by atoms with Crippen LogP contribution in [-0.4, -0.2) is 57.1 Å². The molecule has 1 amide bonds. The first kappa shape index (κ1) is 26.1. The van der Waals surface area contributed by atoms with E-state index in [9.17, 15) is 13.2 Å². The molecule has 0 aliphatic carbocycles. The molecule has 0 aliphatic heterocycles. The molecule has 0 atom stereocenters. The third kappa shape index (κ3) is 5.93. The minimum Gasteiger partial charge on any atom is -0.494 e. The molecule has 2 aromatic carbocycles. The van der Waals surface area contributed by atoms with Crippen LogP contribution < -0.4 is 9.54 Å². The van der Waals surface area contributed by atoms with Crippen LogP contribution >= 0.6 is 11.3 Å². The number of ether oxygens (including phenoxy) is 2. The van der Waals surface area contributed by atoms with Gasteiger partial charge in [0.15, 0.2) is 4.80 Å². The maximum Gasteiger partial charge on any atom is 0.279 e. The summed E-state index contributed by atoms with van der Waals surface area (Å²) >= 11 is 1.39. The van der Waals surface area contributed by atoms with Crippen LogP contribution in [0.4, 0.5) is 0 Å². The molecule has 0 radical (unpaired) electrons. The summed E-state index contributed by atoms with van der Waals surface area (Å²) in [6, 6.07) is 11.7. The van der Waals surface area contributed by atoms with E-state index in [-0.39, 0.29) is 4.90 Å². The lowest BCUT2D eigenvalue weighted by Gasteiger charge is -2.16. The van der Waals surface area contributed by atoms with Gasteiger partial charge in [-0.15, -0.1) is 0 Å². The molecule has 0 fully saturated rings. The number of amides is 1. The van der Waals surface area contributed by atoms with Crippen LogP contribution in [0.2, 0.25) is 0 Å². The summed E-state index contributed by atoms with van der Waals surface area (Å²) in [6.07, 6.45) is 1.69. The third-order valence-electron chi connectivity index (χ3n) is 5.32. The molecule has 0 unspecified atom stereocenters. The lowest BCUT2D eigenvalue weighted by atomic mass is 10.2. The highest BCUT2D eigenvalue weighted by Gasteiger charge is 2.20. The second kappa shape index (κ2) is 11.7. The second-order valence-electron chi connectivity index (χ2n) is 7.71. The van der Waals surface area contributed by atoms with Gasteiger partial charge in [-0.1, -0.05) is 24.7 Å². The van der Waals surface area contributed by atoms with Gasteiger partial charge in [0.2, 0.25) is 10.0 Å². The van der Waals surface area contributed by atoms with Gasteiger partial charge in [-0.25, -0.2) is 12.7 Å². The number of rotatable bonds is 11. The SMILES string of the molecule is CCCCN(C)S(=O)(=O)c1ccc(C(=O)N=c2sc3cc(OCC)ccc3n2CCOC)cc1. The number of aromatic nitrogens is 1. The van der Waals surface area contributed by atoms with E-state index in [4.69, 9.17) is 9.47 Å². The van der Waals surface area contributed by atoms with Crippen molar-refractivity contribution in [1.82, 2.24) is 8.87 Å². The summed E-state index contributed by atoms with van der Waals surface area (Å²) in [5.74, 6) is 0.319. The fourth-order valence-electron chi connectivity index (χ4n) is 3.40. The highest BCUT2D eigenvalue weighted by atomic mass is 32.2. The number of hydrogen-bond donors (Lipinski definition) is 0. The first-order chi connectivity index (χ1) is 16.3. The molecular weight excluding hydrogens is 474 g/mol. The average Bonchev–Trinajstić information content (AvgIpc) is 3.17. The zero-order valence-corrected chi connectivity index (χ0v) is 21.6. The molecule has 3 aromatic rings. The molecule has 1 heterocycles. The maximum atomic E-state index is 12.9. The monoisotopic (exact) mass is 505 g/mol. The molecule has 0 saturated carbocycles. The molecule has 0 N–H and O–H groups in total. The Kier molecular flexibility index (Phi) is 9.01. The van der Waals surface area contributed by atoms with Gasteiger partial charge in [-0.3, -0.25) is 4.79 Å². The predicted octanol–water partition coefficient (Wildman–Crippen LogP) is 3.91. The van der Waals surface area contributed by atoms with E-state index in [1.165, 1.54) is 39.9 Å². The maximum absolute atomic E-state index is 12.9. The summed E-state index contributed by atoms with van der Waals surface area (Å²) in [5.41, 5.74) is 1.26. The van der Waals surface area contributed by atoms with Gasteiger partial charge in [0.25, 0.3) is 5.91 Å². The van der Waals surface area contributed by atoms with Gasteiger partial charge in [0, 0.05) is 32.8 Å². The zero-order valence-electron chi connectivity index (χ0n) is 20.0. The van der Waals surface area contributed by atoms with Crippen LogP contribution in [0.3, 0.4) is 0 Å². The number of benzene rings is 2. The Labute approximate surface area is 204 Å². The van der Waals surface area contributed by atoms with Gasteiger partial charge in [0.1, 0.15) is 5.75 Å². The largest absolute Gasteiger partial charge is 0.494 e. The Morgan fingerprint density at radius 1 is 1.15 bits per heavy atom. The van der Waals surface area contributed by atoms with Crippen LogP contribution in [0.15, 0.2) is 52.4 Å². The minimum absolute atomic E-state index is 0.156. The Morgan fingerprint density at radius 3 is 2.53 bits per heavy atom. The fraction of sp³-hybridized carbons (Fsp3) is 0.417. The minimum atomic E-state index is -3.59. The average molecular weight is 506 g/mol. The molecule has 1 aromatic heterocycles. The molecular formula is C24H31N3O5S2. The Morgan fingerprint density at radius 2 is 1.88 bits per heavy atom. The number of nitrogens with zero attached hydrogens (tertiary/aromatic N) is 3. The van der Waals surface area contributed by atoms with Crippen molar-refractivity contribution in [2.75, 3.05) is 33.9 Å². The number of methoxy groups -OCH3 is 1. The number of carbonyl (C=O) groups is 1. The van der Waals surface area contributed by atoms with E-state index in [0.29, 0.717) is 36.7 Å². The standard InChI is InChI=1S/C24H31N3O5S2/c1-5-7-14-26(3)34(29,30)20-11-8-18(9-12-20)23(28)25-24-27(15-16-31-4)21-13-10-19(32-6-2)17-22(21)33-24/h8-13,17H,5-7,14-16H2,1-4H3. The Balaban J connectivity index is 1.93. The van der Waals surface area contributed by atoms with Gasteiger partial charge < -0.3 is 14.0 Å². The van der Waals surface area contributed by atoms with E-state index in [0.717, 1.165) is 28.8 Å². The van der Waals surface area contributed by atoms with E-state index < -0.39 is 15.9 Å². The van der Waals surface area contributed by atoms with Crippen LogP contribution in [-0.2, 0) is 21.3 Å². The highest BCUT2D eigenvalue weighted by molar-refractivity contribution is 7.89. The van der Waals surface area contributed by atoms with Crippen LogP contribution in [0.5, 0.6) is 5.75 Å². The lowest BCUT2D eigenvalue weighted by molar-refractivity contribution is 0.0997.